The lowest BCUT2D eigenvalue weighted by molar-refractivity contribution is 0.629. The van der Waals surface area contributed by atoms with Gasteiger partial charge in [-0.3, -0.25) is 0 Å². The molecule has 1 heterocycles. The van der Waals surface area contributed by atoms with Crippen molar-refractivity contribution in [3.8, 4) is 6.07 Å². The minimum atomic E-state index is -0.238. The van der Waals surface area contributed by atoms with Crippen molar-refractivity contribution in [1.82, 2.24) is 15.6 Å². The summed E-state index contributed by atoms with van der Waals surface area (Å²) in [6.07, 6.45) is 2.72. The van der Waals surface area contributed by atoms with E-state index in [4.69, 9.17) is 5.26 Å². The molecule has 3 N–H and O–H groups in total. The molecule has 0 bridgehead atoms. The van der Waals surface area contributed by atoms with Gasteiger partial charge in [-0.1, -0.05) is 12.1 Å². The van der Waals surface area contributed by atoms with Gasteiger partial charge in [-0.25, -0.2) is 9.38 Å². The summed E-state index contributed by atoms with van der Waals surface area (Å²) in [6, 6.07) is 14.3. The van der Waals surface area contributed by atoms with Gasteiger partial charge in [0.2, 0.25) is 0 Å². The maximum atomic E-state index is 13.3. The fourth-order valence-electron chi connectivity index (χ4n) is 2.88. The highest BCUT2D eigenvalue weighted by atomic mass is 127. The van der Waals surface area contributed by atoms with E-state index in [0.717, 1.165) is 41.0 Å². The summed E-state index contributed by atoms with van der Waals surface area (Å²) in [6.45, 7) is 4.04. The SMILES string of the molecule is CCNC(=NCc1ccc(C#N)cc1)NCCc1c[nH]c2cc(F)ccc12.I. The number of rotatable bonds is 6. The van der Waals surface area contributed by atoms with Gasteiger partial charge in [-0.2, -0.15) is 5.26 Å². The molecular weight excluding hydrogens is 468 g/mol. The Bertz CT molecular complexity index is 973. The third kappa shape index (κ3) is 5.70. The monoisotopic (exact) mass is 491 g/mol. The summed E-state index contributed by atoms with van der Waals surface area (Å²) >= 11 is 0. The van der Waals surface area contributed by atoms with Crippen molar-refractivity contribution in [2.75, 3.05) is 13.1 Å². The first kappa shape index (κ1) is 21.7. The number of H-pyrrole nitrogens is 1. The first-order valence-corrected chi connectivity index (χ1v) is 8.96. The van der Waals surface area contributed by atoms with Crippen LogP contribution >= 0.6 is 24.0 Å². The molecular formula is C21H23FIN5. The number of aromatic amines is 1. The molecule has 0 spiro atoms. The number of aromatic nitrogens is 1. The van der Waals surface area contributed by atoms with Crippen LogP contribution in [0.5, 0.6) is 0 Å². The molecule has 146 valence electrons. The molecule has 0 saturated carbocycles. The van der Waals surface area contributed by atoms with Crippen LogP contribution in [0.4, 0.5) is 4.39 Å². The predicted molar refractivity (Wildman–Crippen MR) is 121 cm³/mol. The second-order valence-electron chi connectivity index (χ2n) is 6.18. The van der Waals surface area contributed by atoms with Gasteiger partial charge in [0.25, 0.3) is 0 Å². The van der Waals surface area contributed by atoms with Gasteiger partial charge >= 0.3 is 0 Å². The predicted octanol–water partition coefficient (Wildman–Crippen LogP) is 4.09. The molecule has 0 radical (unpaired) electrons. The molecule has 28 heavy (non-hydrogen) atoms. The standard InChI is InChI=1S/C21H22FN5.HI/c1-2-24-21(27-13-16-5-3-15(12-23)4-6-16)25-10-9-17-14-26-20-11-18(22)7-8-19(17)20;/h3-8,11,14,26H,2,9-10,13H2,1H3,(H2,24,25,27);1H. The first-order valence-electron chi connectivity index (χ1n) is 8.96. The number of benzene rings is 2. The number of nitrogens with one attached hydrogen (secondary N) is 3. The Morgan fingerprint density at radius 1 is 1.18 bits per heavy atom. The molecule has 1 aromatic heterocycles. The van der Waals surface area contributed by atoms with Crippen LogP contribution in [0.25, 0.3) is 10.9 Å². The van der Waals surface area contributed by atoms with Crippen molar-refractivity contribution < 1.29 is 4.39 Å². The molecule has 0 aliphatic carbocycles. The number of hydrogen-bond acceptors (Lipinski definition) is 2. The number of hydrogen-bond donors (Lipinski definition) is 3. The van der Waals surface area contributed by atoms with Crippen LogP contribution < -0.4 is 10.6 Å². The fraction of sp³-hybridized carbons (Fsp3) is 0.238. The molecule has 0 atom stereocenters. The van der Waals surface area contributed by atoms with E-state index in [1.54, 1.807) is 18.2 Å². The van der Waals surface area contributed by atoms with Gasteiger partial charge in [0, 0.05) is 30.2 Å². The van der Waals surface area contributed by atoms with E-state index in [2.05, 4.69) is 26.7 Å². The van der Waals surface area contributed by atoms with E-state index in [1.807, 2.05) is 25.3 Å². The largest absolute Gasteiger partial charge is 0.361 e. The van der Waals surface area contributed by atoms with E-state index in [-0.39, 0.29) is 29.8 Å². The van der Waals surface area contributed by atoms with E-state index in [1.165, 1.54) is 12.1 Å². The van der Waals surface area contributed by atoms with E-state index in [9.17, 15) is 4.39 Å². The number of guanidine groups is 1. The van der Waals surface area contributed by atoms with Gasteiger partial charge < -0.3 is 15.6 Å². The maximum absolute atomic E-state index is 13.3. The third-order valence-corrected chi connectivity index (χ3v) is 4.26. The Balaban J connectivity index is 0.00000280. The Morgan fingerprint density at radius 2 is 1.96 bits per heavy atom. The molecule has 3 aromatic rings. The van der Waals surface area contributed by atoms with Crippen LogP contribution in [0.3, 0.4) is 0 Å². The fourth-order valence-corrected chi connectivity index (χ4v) is 2.88. The summed E-state index contributed by atoms with van der Waals surface area (Å²) in [4.78, 5) is 7.70. The van der Waals surface area contributed by atoms with Gasteiger partial charge in [-0.05, 0) is 54.8 Å². The Morgan fingerprint density at radius 3 is 2.68 bits per heavy atom. The smallest absolute Gasteiger partial charge is 0.191 e. The van der Waals surface area contributed by atoms with Crippen molar-refractivity contribution in [2.24, 2.45) is 4.99 Å². The van der Waals surface area contributed by atoms with Crippen molar-refractivity contribution in [1.29, 1.82) is 5.26 Å². The number of aliphatic imine (C=N–C) groups is 1. The average molecular weight is 491 g/mol. The van der Waals surface area contributed by atoms with E-state index in [0.29, 0.717) is 18.7 Å². The quantitative estimate of drug-likeness (QED) is 0.276. The lowest BCUT2D eigenvalue weighted by Crippen LogP contribution is -2.38. The normalized spacial score (nSPS) is 11.0. The summed E-state index contributed by atoms with van der Waals surface area (Å²) in [7, 11) is 0. The number of fused-ring (bicyclic) bond motifs is 1. The molecule has 5 nitrogen and oxygen atoms in total. The zero-order chi connectivity index (χ0) is 19.1. The third-order valence-electron chi connectivity index (χ3n) is 4.26. The molecule has 0 aliphatic heterocycles. The molecule has 0 amide bonds. The highest BCUT2D eigenvalue weighted by Gasteiger charge is 2.05. The number of halogens is 2. The van der Waals surface area contributed by atoms with Crippen molar-refractivity contribution in [3.05, 3.63) is 71.2 Å². The van der Waals surface area contributed by atoms with E-state index >= 15 is 0 Å². The van der Waals surface area contributed by atoms with Gasteiger partial charge in [0.1, 0.15) is 5.82 Å². The molecule has 0 aliphatic rings. The van der Waals surface area contributed by atoms with E-state index < -0.39 is 0 Å². The van der Waals surface area contributed by atoms with Gasteiger partial charge in [0.15, 0.2) is 5.96 Å². The molecule has 2 aromatic carbocycles. The molecule has 0 unspecified atom stereocenters. The second kappa shape index (κ2) is 10.7. The Labute approximate surface area is 181 Å². The topological polar surface area (TPSA) is 76.0 Å². The highest BCUT2D eigenvalue weighted by Crippen LogP contribution is 2.19. The van der Waals surface area contributed by atoms with Crippen molar-refractivity contribution in [2.45, 2.75) is 19.9 Å². The second-order valence-corrected chi connectivity index (χ2v) is 6.18. The zero-order valence-electron chi connectivity index (χ0n) is 15.6. The maximum Gasteiger partial charge on any atom is 0.191 e. The average Bonchev–Trinajstić information content (AvgIpc) is 3.08. The zero-order valence-corrected chi connectivity index (χ0v) is 18.0. The Kier molecular flexibility index (Phi) is 8.26. The summed E-state index contributed by atoms with van der Waals surface area (Å²) in [5, 5.41) is 16.4. The molecule has 7 heteroatoms. The first-order chi connectivity index (χ1) is 13.2. The van der Waals surface area contributed by atoms with Gasteiger partial charge in [0.05, 0.1) is 18.2 Å². The lowest BCUT2D eigenvalue weighted by Gasteiger charge is -2.11. The number of nitriles is 1. The molecule has 0 fully saturated rings. The van der Waals surface area contributed by atoms with Crippen molar-refractivity contribution in [3.63, 3.8) is 0 Å². The Hall–Kier alpha value is -2.60. The van der Waals surface area contributed by atoms with Gasteiger partial charge in [-0.15, -0.1) is 24.0 Å². The summed E-state index contributed by atoms with van der Waals surface area (Å²) < 4.78 is 13.3. The number of nitrogens with zero attached hydrogens (tertiary/aromatic N) is 2. The minimum absolute atomic E-state index is 0. The summed E-state index contributed by atoms with van der Waals surface area (Å²) in [5.41, 5.74) is 3.64. The van der Waals surface area contributed by atoms with Crippen LogP contribution in [0.1, 0.15) is 23.6 Å². The van der Waals surface area contributed by atoms with Crippen LogP contribution in [-0.2, 0) is 13.0 Å². The summed E-state index contributed by atoms with van der Waals surface area (Å²) in [5.74, 6) is 0.506. The highest BCUT2D eigenvalue weighted by molar-refractivity contribution is 14.0. The van der Waals surface area contributed by atoms with Crippen molar-refractivity contribution >= 4 is 40.8 Å². The molecule has 3 rings (SSSR count). The van der Waals surface area contributed by atoms with Crippen LogP contribution in [0.15, 0.2) is 53.7 Å². The molecule has 0 saturated heterocycles. The lowest BCUT2D eigenvalue weighted by atomic mass is 10.1. The van der Waals surface area contributed by atoms with Crippen LogP contribution in [0.2, 0.25) is 0 Å². The minimum Gasteiger partial charge on any atom is -0.361 e. The van der Waals surface area contributed by atoms with Crippen LogP contribution in [0, 0.1) is 17.1 Å². The van der Waals surface area contributed by atoms with Crippen LogP contribution in [-0.4, -0.2) is 24.0 Å².